The van der Waals surface area contributed by atoms with Gasteiger partial charge < -0.3 is 5.32 Å². The third-order valence-electron chi connectivity index (χ3n) is 4.03. The summed E-state index contributed by atoms with van der Waals surface area (Å²) in [5.41, 5.74) is 0.363. The van der Waals surface area contributed by atoms with Crippen LogP contribution in [-0.2, 0) is 6.54 Å². The summed E-state index contributed by atoms with van der Waals surface area (Å²) in [6.07, 6.45) is 9.67. The van der Waals surface area contributed by atoms with Gasteiger partial charge in [0.2, 0.25) is 0 Å². The van der Waals surface area contributed by atoms with E-state index in [-0.39, 0.29) is 10.6 Å². The summed E-state index contributed by atoms with van der Waals surface area (Å²) in [6.45, 7) is 6.13. The third-order valence-corrected chi connectivity index (χ3v) is 4.39. The van der Waals surface area contributed by atoms with Crippen molar-refractivity contribution in [1.82, 2.24) is 9.78 Å². The zero-order valence-electron chi connectivity index (χ0n) is 11.9. The molecule has 1 aliphatic carbocycles. The minimum atomic E-state index is -0.271. The summed E-state index contributed by atoms with van der Waals surface area (Å²) < 4.78 is 1.31. The number of anilines is 1. The number of nitrogens with one attached hydrogen (secondary N) is 1. The van der Waals surface area contributed by atoms with Gasteiger partial charge in [-0.15, -0.1) is 6.58 Å². The van der Waals surface area contributed by atoms with Gasteiger partial charge in [0.05, 0.1) is 18.4 Å². The van der Waals surface area contributed by atoms with E-state index < -0.39 is 0 Å². The minimum Gasteiger partial charge on any atom is -0.380 e. The lowest BCUT2D eigenvalue weighted by atomic mass is 9.84. The molecular formula is C15H22ClN3O. The van der Waals surface area contributed by atoms with Crippen molar-refractivity contribution in [2.45, 2.75) is 51.6 Å². The van der Waals surface area contributed by atoms with Crippen LogP contribution in [-0.4, -0.2) is 15.8 Å². The molecule has 1 heterocycles. The highest BCUT2D eigenvalue weighted by atomic mass is 35.5. The van der Waals surface area contributed by atoms with E-state index in [2.05, 4.69) is 23.9 Å². The molecule has 1 fully saturated rings. The average molecular weight is 296 g/mol. The van der Waals surface area contributed by atoms with Crippen molar-refractivity contribution in [3.63, 3.8) is 0 Å². The molecule has 1 aromatic rings. The summed E-state index contributed by atoms with van der Waals surface area (Å²) in [5, 5.41) is 7.68. The number of hydrogen-bond acceptors (Lipinski definition) is 3. The second-order valence-electron chi connectivity index (χ2n) is 5.48. The van der Waals surface area contributed by atoms with Gasteiger partial charge in [0, 0.05) is 6.04 Å². The van der Waals surface area contributed by atoms with Gasteiger partial charge in [-0.25, -0.2) is 4.68 Å². The van der Waals surface area contributed by atoms with E-state index in [0.717, 1.165) is 0 Å². The molecule has 0 amide bonds. The minimum absolute atomic E-state index is 0.213. The van der Waals surface area contributed by atoms with Gasteiger partial charge in [0.1, 0.15) is 5.02 Å². The average Bonchev–Trinajstić information content (AvgIpc) is 2.48. The number of halogens is 1. The van der Waals surface area contributed by atoms with Crippen LogP contribution in [0.15, 0.2) is 23.6 Å². The Labute approximate surface area is 124 Å². The zero-order chi connectivity index (χ0) is 14.5. The smallest absolute Gasteiger partial charge is 0.287 e. The molecule has 1 unspecified atom stereocenters. The normalized spacial score (nSPS) is 17.7. The Morgan fingerprint density at radius 2 is 2.25 bits per heavy atom. The summed E-state index contributed by atoms with van der Waals surface area (Å²) in [7, 11) is 0. The second-order valence-corrected chi connectivity index (χ2v) is 5.86. The molecule has 4 nitrogen and oxygen atoms in total. The molecule has 0 spiro atoms. The predicted molar refractivity (Wildman–Crippen MR) is 83.4 cm³/mol. The molecule has 20 heavy (non-hydrogen) atoms. The Bertz CT molecular complexity index is 520. The van der Waals surface area contributed by atoms with Gasteiger partial charge in [-0.2, -0.15) is 5.10 Å². The molecular weight excluding hydrogens is 274 g/mol. The number of nitrogens with zero attached hydrogens (tertiary/aromatic N) is 2. The Morgan fingerprint density at radius 1 is 1.55 bits per heavy atom. The van der Waals surface area contributed by atoms with Gasteiger partial charge in [-0.1, -0.05) is 36.9 Å². The Balaban J connectivity index is 2.11. The Kier molecular flexibility index (Phi) is 5.24. The molecule has 0 radical (unpaired) electrons. The van der Waals surface area contributed by atoms with Crippen molar-refractivity contribution in [3.8, 4) is 0 Å². The van der Waals surface area contributed by atoms with Crippen LogP contribution in [0, 0.1) is 5.92 Å². The van der Waals surface area contributed by atoms with E-state index in [4.69, 9.17) is 11.6 Å². The summed E-state index contributed by atoms with van der Waals surface area (Å²) in [6, 6.07) is 0.309. The third kappa shape index (κ3) is 3.42. The van der Waals surface area contributed by atoms with Crippen molar-refractivity contribution < 1.29 is 0 Å². The maximum absolute atomic E-state index is 12.0. The number of hydrogen-bond donors (Lipinski definition) is 1. The molecule has 1 aliphatic rings. The van der Waals surface area contributed by atoms with Gasteiger partial charge in [0.15, 0.2) is 0 Å². The molecule has 1 atom stereocenters. The Hall–Kier alpha value is -1.29. The molecule has 0 aliphatic heterocycles. The highest BCUT2D eigenvalue weighted by molar-refractivity contribution is 6.32. The van der Waals surface area contributed by atoms with E-state index >= 15 is 0 Å². The van der Waals surface area contributed by atoms with E-state index in [1.807, 2.05) is 0 Å². The van der Waals surface area contributed by atoms with Crippen LogP contribution in [0.5, 0.6) is 0 Å². The first-order valence-corrected chi connectivity index (χ1v) is 7.64. The Morgan fingerprint density at radius 3 is 2.90 bits per heavy atom. The monoisotopic (exact) mass is 295 g/mol. The van der Waals surface area contributed by atoms with Gasteiger partial charge in [-0.05, 0) is 25.7 Å². The molecule has 110 valence electrons. The lowest BCUT2D eigenvalue weighted by Gasteiger charge is -2.29. The van der Waals surface area contributed by atoms with Gasteiger partial charge >= 0.3 is 0 Å². The summed E-state index contributed by atoms with van der Waals surface area (Å²) in [5.74, 6) is 0.649. The lowest BCUT2D eigenvalue weighted by Crippen LogP contribution is -2.30. The first-order valence-electron chi connectivity index (χ1n) is 7.26. The van der Waals surface area contributed by atoms with Crippen molar-refractivity contribution in [3.05, 3.63) is 34.2 Å². The fourth-order valence-electron chi connectivity index (χ4n) is 2.82. The number of rotatable bonds is 5. The largest absolute Gasteiger partial charge is 0.380 e. The number of aromatic nitrogens is 2. The van der Waals surface area contributed by atoms with E-state index in [1.165, 1.54) is 36.8 Å². The van der Waals surface area contributed by atoms with E-state index in [1.54, 1.807) is 12.3 Å². The molecule has 1 aromatic heterocycles. The molecule has 1 saturated carbocycles. The van der Waals surface area contributed by atoms with Crippen LogP contribution in [0.3, 0.4) is 0 Å². The van der Waals surface area contributed by atoms with Crippen LogP contribution in [0.4, 0.5) is 5.69 Å². The fourth-order valence-corrected chi connectivity index (χ4v) is 3.02. The van der Waals surface area contributed by atoms with Crippen LogP contribution < -0.4 is 10.9 Å². The van der Waals surface area contributed by atoms with Crippen molar-refractivity contribution in [1.29, 1.82) is 0 Å². The number of allylic oxidation sites excluding steroid dienone is 1. The molecule has 1 N–H and O–H groups in total. The first kappa shape index (κ1) is 15.1. The molecule has 2 rings (SSSR count). The van der Waals surface area contributed by atoms with Crippen molar-refractivity contribution in [2.24, 2.45) is 5.92 Å². The van der Waals surface area contributed by atoms with Gasteiger partial charge in [-0.3, -0.25) is 4.79 Å². The second kappa shape index (κ2) is 6.93. The van der Waals surface area contributed by atoms with Crippen molar-refractivity contribution in [2.75, 3.05) is 5.32 Å². The summed E-state index contributed by atoms with van der Waals surface area (Å²) >= 11 is 6.15. The molecule has 5 heteroatoms. The maximum atomic E-state index is 12.0. The molecule has 0 aromatic carbocycles. The lowest BCUT2D eigenvalue weighted by molar-refractivity contribution is 0.328. The van der Waals surface area contributed by atoms with Crippen LogP contribution in [0.2, 0.25) is 5.02 Å². The van der Waals surface area contributed by atoms with Crippen LogP contribution in [0.1, 0.15) is 39.0 Å². The predicted octanol–water partition coefficient (Wildman–Crippen LogP) is 3.46. The topological polar surface area (TPSA) is 46.9 Å². The molecule has 0 saturated heterocycles. The first-order chi connectivity index (χ1) is 9.63. The summed E-state index contributed by atoms with van der Waals surface area (Å²) in [4.78, 5) is 12.0. The SMILES string of the molecule is C=CCn1ncc(NC(C)C2CCCCC2)c(Cl)c1=O. The maximum Gasteiger partial charge on any atom is 0.287 e. The highest BCUT2D eigenvalue weighted by Gasteiger charge is 2.21. The standard InChI is InChI=1S/C15H22ClN3O/c1-3-9-19-15(20)14(16)13(10-17-19)18-11(2)12-7-5-4-6-8-12/h3,10-12,18H,1,4-9H2,2H3. The zero-order valence-corrected chi connectivity index (χ0v) is 12.7. The van der Waals surface area contributed by atoms with Gasteiger partial charge in [0.25, 0.3) is 5.56 Å². The molecule has 0 bridgehead atoms. The van der Waals surface area contributed by atoms with E-state index in [9.17, 15) is 4.79 Å². The van der Waals surface area contributed by atoms with Crippen LogP contribution in [0.25, 0.3) is 0 Å². The fraction of sp³-hybridized carbons (Fsp3) is 0.600. The van der Waals surface area contributed by atoms with Crippen LogP contribution >= 0.6 is 11.6 Å². The van der Waals surface area contributed by atoms with Crippen molar-refractivity contribution >= 4 is 17.3 Å². The quantitative estimate of drug-likeness (QED) is 0.846. The van der Waals surface area contributed by atoms with E-state index in [0.29, 0.717) is 24.2 Å². The highest BCUT2D eigenvalue weighted by Crippen LogP contribution is 2.28.